The molecular weight excluding hydrogens is 356 g/mol. The minimum absolute atomic E-state index is 0.227. The smallest absolute Gasteiger partial charge is 0.231 e. The fourth-order valence-corrected chi connectivity index (χ4v) is 3.69. The lowest BCUT2D eigenvalue weighted by atomic mass is 10.2. The zero-order chi connectivity index (χ0) is 18.1. The van der Waals surface area contributed by atoms with Gasteiger partial charge in [-0.05, 0) is 24.6 Å². The second-order valence-electron chi connectivity index (χ2n) is 5.62. The van der Waals surface area contributed by atoms with Gasteiger partial charge in [-0.25, -0.2) is 15.0 Å². The summed E-state index contributed by atoms with van der Waals surface area (Å²) in [5, 5.41) is 3.36. The van der Waals surface area contributed by atoms with Gasteiger partial charge in [0.05, 0.1) is 0 Å². The van der Waals surface area contributed by atoms with Gasteiger partial charge >= 0.3 is 0 Å². The van der Waals surface area contributed by atoms with E-state index < -0.39 is 0 Å². The first-order chi connectivity index (χ1) is 12.7. The number of nitrogens with zero attached hydrogens (tertiary/aromatic N) is 4. The Balaban J connectivity index is 1.74. The topological polar surface area (TPSA) is 117 Å². The lowest BCUT2D eigenvalue weighted by Gasteiger charge is -2.10. The van der Waals surface area contributed by atoms with Gasteiger partial charge < -0.3 is 25.1 Å². The van der Waals surface area contributed by atoms with Crippen molar-refractivity contribution in [3.05, 3.63) is 24.0 Å². The Morgan fingerprint density at radius 3 is 2.96 bits per heavy atom. The van der Waals surface area contributed by atoms with Crippen molar-refractivity contribution in [2.75, 3.05) is 19.1 Å². The van der Waals surface area contributed by atoms with Crippen molar-refractivity contribution in [2.24, 2.45) is 0 Å². The Morgan fingerprint density at radius 2 is 2.15 bits per heavy atom. The second-order valence-corrected chi connectivity index (χ2v) is 6.63. The molecule has 0 saturated carbocycles. The largest absolute Gasteiger partial charge is 0.454 e. The zero-order valence-corrected chi connectivity index (χ0v) is 14.7. The first-order valence-electron chi connectivity index (χ1n) is 7.89. The van der Waals surface area contributed by atoms with E-state index in [0.29, 0.717) is 47.4 Å². The molecule has 0 spiro atoms. The molecular formula is C16H16N6O3S. The molecule has 26 heavy (non-hydrogen) atoms. The van der Waals surface area contributed by atoms with Crippen LogP contribution in [-0.4, -0.2) is 39.3 Å². The lowest BCUT2D eigenvalue weighted by Crippen LogP contribution is -2.18. The molecule has 0 saturated heterocycles. The third-order valence-corrected chi connectivity index (χ3v) is 5.11. The number of benzene rings is 1. The molecule has 3 N–H and O–H groups in total. The van der Waals surface area contributed by atoms with E-state index in [4.69, 9.17) is 15.2 Å². The van der Waals surface area contributed by atoms with Crippen molar-refractivity contribution in [1.29, 1.82) is 0 Å². The third kappa shape index (κ3) is 2.88. The van der Waals surface area contributed by atoms with E-state index in [9.17, 15) is 4.79 Å². The Bertz CT molecular complexity index is 990. The highest BCUT2D eigenvalue weighted by Crippen LogP contribution is 2.40. The highest BCUT2D eigenvalue weighted by molar-refractivity contribution is 7.99. The van der Waals surface area contributed by atoms with Crippen LogP contribution in [0.25, 0.3) is 11.2 Å². The Morgan fingerprint density at radius 1 is 1.35 bits per heavy atom. The van der Waals surface area contributed by atoms with Crippen molar-refractivity contribution in [1.82, 2.24) is 24.8 Å². The quantitative estimate of drug-likeness (QED) is 0.492. The van der Waals surface area contributed by atoms with E-state index in [0.717, 1.165) is 16.2 Å². The number of carbonyl (C=O) groups is 1. The molecule has 1 amide bonds. The van der Waals surface area contributed by atoms with Crippen molar-refractivity contribution >= 4 is 35.2 Å². The number of amides is 1. The van der Waals surface area contributed by atoms with Crippen molar-refractivity contribution < 1.29 is 14.3 Å². The summed E-state index contributed by atoms with van der Waals surface area (Å²) in [5.74, 6) is 1.77. The predicted molar refractivity (Wildman–Crippen MR) is 95.2 cm³/mol. The number of carbonyl (C=O) groups excluding carboxylic acids is 1. The second kappa shape index (κ2) is 6.71. The number of nitrogens with two attached hydrogens (primary N) is 1. The molecule has 1 aromatic carbocycles. The van der Waals surface area contributed by atoms with Gasteiger partial charge in [-0.1, -0.05) is 11.8 Å². The standard InChI is InChI=1S/C16H16N6O3S/c1-9-4-10-11(25-8-24-10)5-12(9)26-16-21-13-14(17)19-6-20-15(13)22(16)3-2-18-7-23/h4-7H,2-3,8H2,1H3,(H,18,23)(H2,17,19,20). The Kier molecular flexibility index (Phi) is 4.25. The number of imidazole rings is 1. The molecule has 4 rings (SSSR count). The number of aryl methyl sites for hydroxylation is 1. The van der Waals surface area contributed by atoms with Gasteiger partial charge in [-0.2, -0.15) is 0 Å². The molecule has 0 bridgehead atoms. The van der Waals surface area contributed by atoms with E-state index in [1.807, 2.05) is 23.6 Å². The van der Waals surface area contributed by atoms with Gasteiger partial charge in [0, 0.05) is 18.0 Å². The monoisotopic (exact) mass is 372 g/mol. The first kappa shape index (κ1) is 16.5. The zero-order valence-electron chi connectivity index (χ0n) is 13.9. The molecule has 3 heterocycles. The van der Waals surface area contributed by atoms with Crippen LogP contribution in [0.3, 0.4) is 0 Å². The van der Waals surface area contributed by atoms with Crippen LogP contribution in [0.4, 0.5) is 5.82 Å². The van der Waals surface area contributed by atoms with E-state index in [1.54, 1.807) is 0 Å². The maximum absolute atomic E-state index is 10.6. The van der Waals surface area contributed by atoms with Crippen LogP contribution in [0.5, 0.6) is 11.5 Å². The number of hydrogen-bond donors (Lipinski definition) is 2. The first-order valence-corrected chi connectivity index (χ1v) is 8.71. The highest BCUT2D eigenvalue weighted by Gasteiger charge is 2.20. The summed E-state index contributed by atoms with van der Waals surface area (Å²) in [6.45, 7) is 3.19. The molecule has 3 aromatic rings. The van der Waals surface area contributed by atoms with Gasteiger partial charge in [0.2, 0.25) is 13.2 Å². The fourth-order valence-electron chi connectivity index (χ4n) is 2.68. The summed E-state index contributed by atoms with van der Waals surface area (Å²) in [4.78, 5) is 24.5. The van der Waals surface area contributed by atoms with Crippen LogP contribution in [0.15, 0.2) is 28.5 Å². The van der Waals surface area contributed by atoms with Gasteiger partial charge in [0.15, 0.2) is 33.6 Å². The predicted octanol–water partition coefficient (Wildman–Crippen LogP) is 1.34. The van der Waals surface area contributed by atoms with E-state index in [-0.39, 0.29) is 6.79 Å². The summed E-state index contributed by atoms with van der Waals surface area (Å²) in [7, 11) is 0. The fraction of sp³-hybridized carbons (Fsp3) is 0.250. The van der Waals surface area contributed by atoms with E-state index in [2.05, 4.69) is 20.3 Å². The van der Waals surface area contributed by atoms with Crippen LogP contribution >= 0.6 is 11.8 Å². The number of anilines is 1. The molecule has 134 valence electrons. The van der Waals surface area contributed by atoms with Crippen molar-refractivity contribution in [3.63, 3.8) is 0 Å². The molecule has 10 heteroatoms. The van der Waals surface area contributed by atoms with Gasteiger partial charge in [-0.3, -0.25) is 4.79 Å². The maximum atomic E-state index is 10.6. The number of nitrogen functional groups attached to an aromatic ring is 1. The SMILES string of the molecule is Cc1cc2c(cc1Sc1nc3c(N)ncnc3n1CCNC=O)OCO2. The van der Waals surface area contributed by atoms with Gasteiger partial charge in [-0.15, -0.1) is 0 Å². The van der Waals surface area contributed by atoms with Crippen molar-refractivity contribution in [2.45, 2.75) is 23.5 Å². The summed E-state index contributed by atoms with van der Waals surface area (Å²) >= 11 is 1.48. The molecule has 1 aliphatic heterocycles. The molecule has 0 aliphatic carbocycles. The van der Waals surface area contributed by atoms with Gasteiger partial charge in [0.25, 0.3) is 0 Å². The molecule has 0 radical (unpaired) electrons. The number of ether oxygens (including phenoxy) is 2. The molecule has 1 aliphatic rings. The van der Waals surface area contributed by atoms with Crippen LogP contribution in [0, 0.1) is 6.92 Å². The summed E-state index contributed by atoms with van der Waals surface area (Å²) in [6, 6.07) is 3.88. The number of rotatable bonds is 6. The van der Waals surface area contributed by atoms with E-state index in [1.165, 1.54) is 18.1 Å². The maximum Gasteiger partial charge on any atom is 0.231 e. The Labute approximate surface area is 152 Å². The Hall–Kier alpha value is -3.01. The molecule has 0 fully saturated rings. The summed E-state index contributed by atoms with van der Waals surface area (Å²) in [5.41, 5.74) is 8.16. The van der Waals surface area contributed by atoms with Crippen LogP contribution < -0.4 is 20.5 Å². The summed E-state index contributed by atoms with van der Waals surface area (Å²) < 4.78 is 12.8. The lowest BCUT2D eigenvalue weighted by molar-refractivity contribution is -0.109. The van der Waals surface area contributed by atoms with Gasteiger partial charge in [0.1, 0.15) is 6.33 Å². The molecule has 2 aromatic heterocycles. The highest BCUT2D eigenvalue weighted by atomic mass is 32.2. The average molecular weight is 372 g/mol. The number of hydrogen-bond acceptors (Lipinski definition) is 8. The van der Waals surface area contributed by atoms with Crippen molar-refractivity contribution in [3.8, 4) is 11.5 Å². The molecule has 0 atom stereocenters. The van der Waals surface area contributed by atoms with E-state index >= 15 is 0 Å². The van der Waals surface area contributed by atoms with Crippen LogP contribution in [-0.2, 0) is 11.3 Å². The average Bonchev–Trinajstić information content (AvgIpc) is 3.21. The third-order valence-electron chi connectivity index (χ3n) is 3.96. The normalized spacial score (nSPS) is 12.5. The van der Waals surface area contributed by atoms with Crippen LogP contribution in [0.1, 0.15) is 5.56 Å². The minimum Gasteiger partial charge on any atom is -0.454 e. The summed E-state index contributed by atoms with van der Waals surface area (Å²) in [6.07, 6.45) is 2.07. The minimum atomic E-state index is 0.227. The van der Waals surface area contributed by atoms with Crippen LogP contribution in [0.2, 0.25) is 0 Å². The molecule has 9 nitrogen and oxygen atoms in total. The number of nitrogens with one attached hydrogen (secondary N) is 1. The number of aromatic nitrogens is 4. The molecule has 0 unspecified atom stereocenters. The number of fused-ring (bicyclic) bond motifs is 2.